The van der Waals surface area contributed by atoms with E-state index in [1.807, 2.05) is 53.4 Å². The Kier molecular flexibility index (Phi) is 5.61. The smallest absolute Gasteiger partial charge is 0.256 e. The Hall–Kier alpha value is -3.26. The molecule has 4 aromatic rings. The number of benzene rings is 2. The standard InChI is InChI=1S/C24H22BrN5O2/c1-16-6-9-19(32-23-21-14-18(25)8-7-17(21)10-11-26-23)15-29(16)24(31)20-4-2-3-5-22(20)30-27-12-13-28-30/h2-5,7-8,10-14,16,19H,6,9,15H2,1H3/t16-,19+/m1/s1. The first kappa shape index (κ1) is 20.6. The van der Waals surface area contributed by atoms with E-state index in [2.05, 4.69) is 38.0 Å². The summed E-state index contributed by atoms with van der Waals surface area (Å²) in [5, 5.41) is 10.4. The van der Waals surface area contributed by atoms with E-state index in [-0.39, 0.29) is 18.1 Å². The first-order chi connectivity index (χ1) is 15.6. The molecular weight excluding hydrogens is 470 g/mol. The number of amides is 1. The average Bonchev–Trinajstić information content (AvgIpc) is 3.35. The fraction of sp³-hybridized carbons (Fsp3) is 0.250. The lowest BCUT2D eigenvalue weighted by Crippen LogP contribution is -2.49. The maximum absolute atomic E-state index is 13.6. The van der Waals surface area contributed by atoms with Crippen molar-refractivity contribution in [1.29, 1.82) is 0 Å². The highest BCUT2D eigenvalue weighted by molar-refractivity contribution is 9.10. The second-order valence-corrected chi connectivity index (χ2v) is 8.86. The maximum Gasteiger partial charge on any atom is 0.256 e. The fourth-order valence-corrected chi connectivity index (χ4v) is 4.50. The number of hydrogen-bond acceptors (Lipinski definition) is 5. The first-order valence-corrected chi connectivity index (χ1v) is 11.4. The zero-order valence-corrected chi connectivity index (χ0v) is 19.1. The van der Waals surface area contributed by atoms with E-state index >= 15 is 0 Å². The number of piperidine rings is 1. The number of halogens is 1. The fourth-order valence-electron chi connectivity index (χ4n) is 4.14. The van der Waals surface area contributed by atoms with Crippen LogP contribution in [0.5, 0.6) is 5.88 Å². The summed E-state index contributed by atoms with van der Waals surface area (Å²) in [5.74, 6) is 0.546. The van der Waals surface area contributed by atoms with Crippen molar-refractivity contribution in [2.75, 3.05) is 6.54 Å². The summed E-state index contributed by atoms with van der Waals surface area (Å²) in [4.78, 5) is 21.4. The van der Waals surface area contributed by atoms with E-state index in [0.717, 1.165) is 28.1 Å². The molecule has 8 heteroatoms. The predicted molar refractivity (Wildman–Crippen MR) is 125 cm³/mol. The highest BCUT2D eigenvalue weighted by Gasteiger charge is 2.32. The molecule has 0 radical (unpaired) electrons. The number of ether oxygens (including phenoxy) is 1. The first-order valence-electron chi connectivity index (χ1n) is 10.6. The van der Waals surface area contributed by atoms with Gasteiger partial charge >= 0.3 is 0 Å². The van der Waals surface area contributed by atoms with E-state index < -0.39 is 0 Å². The molecule has 2 atom stereocenters. The molecule has 2 aromatic carbocycles. The van der Waals surface area contributed by atoms with Crippen LogP contribution in [0, 0.1) is 0 Å². The van der Waals surface area contributed by atoms with Gasteiger partial charge in [0.15, 0.2) is 0 Å². The molecule has 5 rings (SSSR count). The zero-order valence-electron chi connectivity index (χ0n) is 17.6. The molecule has 7 nitrogen and oxygen atoms in total. The zero-order chi connectivity index (χ0) is 22.1. The lowest BCUT2D eigenvalue weighted by atomic mass is 9.99. The number of hydrogen-bond donors (Lipinski definition) is 0. The summed E-state index contributed by atoms with van der Waals surface area (Å²) >= 11 is 3.53. The average molecular weight is 492 g/mol. The molecule has 1 aliphatic heterocycles. The Balaban J connectivity index is 1.40. The van der Waals surface area contributed by atoms with Crippen LogP contribution in [0.1, 0.15) is 30.1 Å². The van der Waals surface area contributed by atoms with Crippen LogP contribution < -0.4 is 4.74 Å². The predicted octanol–water partition coefficient (Wildman–Crippen LogP) is 4.65. The molecule has 2 aromatic heterocycles. The number of nitrogens with zero attached hydrogens (tertiary/aromatic N) is 5. The third kappa shape index (κ3) is 3.98. The summed E-state index contributed by atoms with van der Waals surface area (Å²) in [6.07, 6.45) is 6.54. The molecule has 0 bridgehead atoms. The number of carbonyl (C=O) groups is 1. The topological polar surface area (TPSA) is 73.1 Å². The normalized spacial score (nSPS) is 18.6. The Morgan fingerprint density at radius 3 is 2.72 bits per heavy atom. The second-order valence-electron chi connectivity index (χ2n) is 7.94. The number of carbonyl (C=O) groups excluding carboxylic acids is 1. The highest BCUT2D eigenvalue weighted by atomic mass is 79.9. The van der Waals surface area contributed by atoms with Gasteiger partial charge in [0, 0.05) is 22.1 Å². The van der Waals surface area contributed by atoms with Crippen LogP contribution in [0.4, 0.5) is 0 Å². The molecule has 1 fully saturated rings. The molecule has 0 aliphatic carbocycles. The minimum atomic E-state index is -0.137. The van der Waals surface area contributed by atoms with Crippen LogP contribution in [0.25, 0.3) is 16.5 Å². The second kappa shape index (κ2) is 8.70. The van der Waals surface area contributed by atoms with Gasteiger partial charge in [0.25, 0.3) is 5.91 Å². The van der Waals surface area contributed by atoms with Crippen LogP contribution in [0.3, 0.4) is 0 Å². The van der Waals surface area contributed by atoms with Gasteiger partial charge in [0.1, 0.15) is 6.10 Å². The molecule has 1 amide bonds. The van der Waals surface area contributed by atoms with E-state index in [0.29, 0.717) is 23.7 Å². The van der Waals surface area contributed by atoms with Crippen molar-refractivity contribution in [2.45, 2.75) is 31.9 Å². The third-order valence-electron chi connectivity index (χ3n) is 5.84. The quantitative estimate of drug-likeness (QED) is 0.415. The van der Waals surface area contributed by atoms with Gasteiger partial charge in [-0.05, 0) is 55.5 Å². The van der Waals surface area contributed by atoms with Gasteiger partial charge in [-0.25, -0.2) is 4.98 Å². The van der Waals surface area contributed by atoms with Crippen molar-refractivity contribution in [3.63, 3.8) is 0 Å². The molecule has 162 valence electrons. The van der Waals surface area contributed by atoms with Crippen LogP contribution in [0.2, 0.25) is 0 Å². The lowest BCUT2D eigenvalue weighted by Gasteiger charge is -2.38. The molecule has 1 aliphatic rings. The van der Waals surface area contributed by atoms with E-state index in [1.54, 1.807) is 18.6 Å². The largest absolute Gasteiger partial charge is 0.472 e. The highest BCUT2D eigenvalue weighted by Crippen LogP contribution is 2.30. The maximum atomic E-state index is 13.6. The molecule has 0 saturated carbocycles. The number of pyridine rings is 1. The van der Waals surface area contributed by atoms with E-state index in [9.17, 15) is 4.79 Å². The number of fused-ring (bicyclic) bond motifs is 1. The van der Waals surface area contributed by atoms with Crippen LogP contribution in [-0.4, -0.2) is 49.5 Å². The van der Waals surface area contributed by atoms with Gasteiger partial charge in [0.2, 0.25) is 5.88 Å². The van der Waals surface area contributed by atoms with Crippen molar-refractivity contribution in [2.24, 2.45) is 0 Å². The molecular formula is C24H22BrN5O2. The van der Waals surface area contributed by atoms with Gasteiger partial charge in [-0.3, -0.25) is 4.79 Å². The van der Waals surface area contributed by atoms with Gasteiger partial charge in [-0.1, -0.05) is 34.1 Å². The summed E-state index contributed by atoms with van der Waals surface area (Å²) < 4.78 is 7.31. The Morgan fingerprint density at radius 1 is 1.06 bits per heavy atom. The molecule has 0 spiro atoms. The SMILES string of the molecule is C[C@@H]1CC[C@H](Oc2nccc3ccc(Br)cc23)CN1C(=O)c1ccccc1-n1nccn1. The number of aromatic nitrogens is 4. The number of rotatable bonds is 4. The lowest BCUT2D eigenvalue weighted by molar-refractivity contribution is 0.0377. The van der Waals surface area contributed by atoms with Gasteiger partial charge < -0.3 is 9.64 Å². The van der Waals surface area contributed by atoms with Crippen LogP contribution in [-0.2, 0) is 0 Å². The minimum Gasteiger partial charge on any atom is -0.472 e. The molecule has 32 heavy (non-hydrogen) atoms. The monoisotopic (exact) mass is 491 g/mol. The van der Waals surface area contributed by atoms with E-state index in [1.165, 1.54) is 4.80 Å². The van der Waals surface area contributed by atoms with Crippen LogP contribution >= 0.6 is 15.9 Å². The minimum absolute atomic E-state index is 0.0488. The number of likely N-dealkylation sites (tertiary alicyclic amines) is 1. The van der Waals surface area contributed by atoms with Gasteiger partial charge in [0.05, 0.1) is 30.2 Å². The Morgan fingerprint density at radius 2 is 1.88 bits per heavy atom. The van der Waals surface area contributed by atoms with Crippen molar-refractivity contribution >= 4 is 32.6 Å². The van der Waals surface area contributed by atoms with Crippen molar-refractivity contribution in [3.05, 3.63) is 77.2 Å². The Bertz CT molecular complexity index is 1260. The summed E-state index contributed by atoms with van der Waals surface area (Å²) in [5.41, 5.74) is 1.24. The molecule has 0 N–H and O–H groups in total. The van der Waals surface area contributed by atoms with Crippen molar-refractivity contribution < 1.29 is 9.53 Å². The van der Waals surface area contributed by atoms with Crippen molar-refractivity contribution in [1.82, 2.24) is 24.9 Å². The van der Waals surface area contributed by atoms with E-state index in [4.69, 9.17) is 4.74 Å². The molecule has 0 unspecified atom stereocenters. The van der Waals surface area contributed by atoms with Crippen molar-refractivity contribution in [3.8, 4) is 11.6 Å². The summed E-state index contributed by atoms with van der Waals surface area (Å²) in [7, 11) is 0. The van der Waals surface area contributed by atoms with Gasteiger partial charge in [-0.2, -0.15) is 15.0 Å². The molecule has 3 heterocycles. The molecule has 1 saturated heterocycles. The van der Waals surface area contributed by atoms with Gasteiger partial charge in [-0.15, -0.1) is 0 Å². The summed E-state index contributed by atoms with van der Waals surface area (Å²) in [6.45, 7) is 2.57. The number of para-hydroxylation sites is 1. The summed E-state index contributed by atoms with van der Waals surface area (Å²) in [6, 6.07) is 15.5. The Labute approximate surface area is 194 Å². The third-order valence-corrected chi connectivity index (χ3v) is 6.33. The van der Waals surface area contributed by atoms with Crippen LogP contribution in [0.15, 0.2) is 71.6 Å².